The van der Waals surface area contributed by atoms with Gasteiger partial charge in [0.15, 0.2) is 0 Å². The molecule has 2 nitrogen and oxygen atoms in total. The predicted molar refractivity (Wildman–Crippen MR) is 83.2 cm³/mol. The maximum Gasteiger partial charge on any atom is 0.128 e. The van der Waals surface area contributed by atoms with E-state index in [1.54, 1.807) is 0 Å². The Morgan fingerprint density at radius 3 is 2.47 bits per heavy atom. The lowest BCUT2D eigenvalue weighted by Gasteiger charge is -2.24. The van der Waals surface area contributed by atoms with E-state index in [9.17, 15) is 0 Å². The number of imidazole rings is 1. The second-order valence-electron chi connectivity index (χ2n) is 5.28. The van der Waals surface area contributed by atoms with Crippen LogP contribution in [0, 0.1) is 5.92 Å². The molecule has 2 aromatic rings. The highest BCUT2D eigenvalue weighted by Gasteiger charge is 2.23. The Morgan fingerprint density at radius 2 is 1.95 bits per heavy atom. The van der Waals surface area contributed by atoms with Crippen LogP contribution in [0.15, 0.2) is 18.2 Å². The van der Waals surface area contributed by atoms with Crippen LogP contribution in [0.1, 0.15) is 51.4 Å². The zero-order valence-electron chi connectivity index (χ0n) is 11.8. The molecule has 0 aliphatic carbocycles. The first-order valence-corrected chi connectivity index (χ1v) is 7.59. The molecule has 2 unspecified atom stereocenters. The Bertz CT molecular complexity index is 573. The Kier molecular flexibility index (Phi) is 4.42. The molecule has 2 rings (SSSR count). The molecule has 1 heterocycles. The second kappa shape index (κ2) is 5.72. The summed E-state index contributed by atoms with van der Waals surface area (Å²) in [5.74, 6) is 1.43. The first kappa shape index (κ1) is 14.7. The lowest BCUT2D eigenvalue weighted by atomic mass is 10.0. The van der Waals surface area contributed by atoms with Crippen LogP contribution in [-0.4, -0.2) is 9.55 Å². The standard InChI is InChI=1S/C15H20Cl2N2/c1-5-12(9(2)3)19-13-8-6-7-11(17)14(13)18-15(19)10(4)16/h6-10,12H,5H2,1-4H3. The summed E-state index contributed by atoms with van der Waals surface area (Å²) in [5.41, 5.74) is 1.93. The van der Waals surface area contributed by atoms with E-state index < -0.39 is 0 Å². The van der Waals surface area contributed by atoms with Gasteiger partial charge in [-0.15, -0.1) is 11.6 Å². The lowest BCUT2D eigenvalue weighted by molar-refractivity contribution is 0.364. The number of para-hydroxylation sites is 1. The zero-order valence-corrected chi connectivity index (χ0v) is 13.3. The molecule has 2 atom stereocenters. The molecular formula is C15H20Cl2N2. The smallest absolute Gasteiger partial charge is 0.128 e. The molecule has 4 heteroatoms. The van der Waals surface area contributed by atoms with Gasteiger partial charge in [0.1, 0.15) is 11.3 Å². The monoisotopic (exact) mass is 298 g/mol. The molecule has 1 aromatic carbocycles. The summed E-state index contributed by atoms with van der Waals surface area (Å²) in [6.45, 7) is 8.62. The van der Waals surface area contributed by atoms with Gasteiger partial charge in [-0.05, 0) is 31.4 Å². The fourth-order valence-electron chi connectivity index (χ4n) is 2.68. The minimum absolute atomic E-state index is 0.128. The van der Waals surface area contributed by atoms with Gasteiger partial charge in [-0.1, -0.05) is 38.4 Å². The van der Waals surface area contributed by atoms with Crippen LogP contribution < -0.4 is 0 Å². The van der Waals surface area contributed by atoms with E-state index in [2.05, 4.69) is 36.4 Å². The van der Waals surface area contributed by atoms with Gasteiger partial charge in [-0.3, -0.25) is 0 Å². The molecule has 0 radical (unpaired) electrons. The van der Waals surface area contributed by atoms with Gasteiger partial charge in [0, 0.05) is 6.04 Å². The third kappa shape index (κ3) is 2.61. The van der Waals surface area contributed by atoms with Crippen molar-refractivity contribution in [1.29, 1.82) is 0 Å². The molecule has 0 aliphatic rings. The van der Waals surface area contributed by atoms with Crippen LogP contribution in [0.3, 0.4) is 0 Å². The van der Waals surface area contributed by atoms with Gasteiger partial charge in [0.25, 0.3) is 0 Å². The molecular weight excluding hydrogens is 279 g/mol. The largest absolute Gasteiger partial charge is 0.323 e. The van der Waals surface area contributed by atoms with Crippen molar-refractivity contribution in [2.75, 3.05) is 0 Å². The maximum absolute atomic E-state index is 6.31. The average Bonchev–Trinajstić information content (AvgIpc) is 2.71. The number of halogens is 2. The van der Waals surface area contributed by atoms with Crippen LogP contribution in [-0.2, 0) is 0 Å². The Morgan fingerprint density at radius 1 is 1.26 bits per heavy atom. The Balaban J connectivity index is 2.75. The summed E-state index contributed by atoms with van der Waals surface area (Å²) in [4.78, 5) is 4.66. The Hall–Kier alpha value is -0.730. The van der Waals surface area contributed by atoms with Crippen LogP contribution in [0.25, 0.3) is 11.0 Å². The van der Waals surface area contributed by atoms with E-state index >= 15 is 0 Å². The van der Waals surface area contributed by atoms with E-state index in [0.717, 1.165) is 23.3 Å². The predicted octanol–water partition coefficient (Wildman–Crippen LogP) is 5.60. The molecule has 0 spiro atoms. The minimum Gasteiger partial charge on any atom is -0.323 e. The number of alkyl halides is 1. The summed E-state index contributed by atoms with van der Waals surface area (Å²) in [6.07, 6.45) is 1.05. The molecule has 19 heavy (non-hydrogen) atoms. The van der Waals surface area contributed by atoms with Crippen molar-refractivity contribution >= 4 is 34.2 Å². The van der Waals surface area contributed by atoms with Crippen LogP contribution in [0.5, 0.6) is 0 Å². The van der Waals surface area contributed by atoms with Gasteiger partial charge < -0.3 is 4.57 Å². The highest BCUT2D eigenvalue weighted by molar-refractivity contribution is 6.35. The highest BCUT2D eigenvalue weighted by atomic mass is 35.5. The summed E-state index contributed by atoms with van der Waals surface area (Å²) >= 11 is 12.6. The fraction of sp³-hybridized carbons (Fsp3) is 0.533. The lowest BCUT2D eigenvalue weighted by Crippen LogP contribution is -2.17. The number of aromatic nitrogens is 2. The number of hydrogen-bond acceptors (Lipinski definition) is 1. The topological polar surface area (TPSA) is 17.8 Å². The third-order valence-electron chi connectivity index (χ3n) is 3.57. The van der Waals surface area contributed by atoms with E-state index in [4.69, 9.17) is 23.2 Å². The van der Waals surface area contributed by atoms with E-state index in [1.165, 1.54) is 0 Å². The van der Waals surface area contributed by atoms with Crippen molar-refractivity contribution in [3.63, 3.8) is 0 Å². The summed E-state index contributed by atoms with van der Waals surface area (Å²) in [5, 5.41) is 0.560. The van der Waals surface area contributed by atoms with E-state index in [1.807, 2.05) is 19.1 Å². The quantitative estimate of drug-likeness (QED) is 0.672. The third-order valence-corrected chi connectivity index (χ3v) is 4.07. The molecule has 0 bridgehead atoms. The molecule has 0 saturated heterocycles. The zero-order chi connectivity index (χ0) is 14.2. The second-order valence-corrected chi connectivity index (χ2v) is 6.35. The van der Waals surface area contributed by atoms with Gasteiger partial charge in [-0.25, -0.2) is 4.98 Å². The first-order chi connectivity index (χ1) is 8.97. The van der Waals surface area contributed by atoms with Crippen molar-refractivity contribution < 1.29 is 0 Å². The molecule has 0 fully saturated rings. The molecule has 1 aromatic heterocycles. The SMILES string of the molecule is CCC(C(C)C)n1c(C(C)Cl)nc2c(Cl)cccc21. The van der Waals surface area contributed by atoms with Crippen molar-refractivity contribution in [2.24, 2.45) is 5.92 Å². The number of benzene rings is 1. The van der Waals surface area contributed by atoms with Gasteiger partial charge in [-0.2, -0.15) is 0 Å². The van der Waals surface area contributed by atoms with Gasteiger partial charge >= 0.3 is 0 Å². The number of fused-ring (bicyclic) bond motifs is 1. The van der Waals surface area contributed by atoms with E-state index in [0.29, 0.717) is 17.0 Å². The maximum atomic E-state index is 6.31. The summed E-state index contributed by atoms with van der Waals surface area (Å²) in [7, 11) is 0. The molecule has 0 aliphatic heterocycles. The van der Waals surface area contributed by atoms with Crippen molar-refractivity contribution in [2.45, 2.75) is 45.5 Å². The fourth-order valence-corrected chi connectivity index (χ4v) is 3.05. The minimum atomic E-state index is -0.128. The van der Waals surface area contributed by atoms with Crippen molar-refractivity contribution in [1.82, 2.24) is 9.55 Å². The number of rotatable bonds is 4. The average molecular weight is 299 g/mol. The van der Waals surface area contributed by atoms with Gasteiger partial charge in [0.05, 0.1) is 15.9 Å². The number of hydrogen-bond donors (Lipinski definition) is 0. The van der Waals surface area contributed by atoms with Gasteiger partial charge in [0.2, 0.25) is 0 Å². The normalized spacial score (nSPS) is 15.1. The summed E-state index contributed by atoms with van der Waals surface area (Å²) in [6, 6.07) is 6.31. The van der Waals surface area contributed by atoms with E-state index in [-0.39, 0.29) is 5.38 Å². The van der Waals surface area contributed by atoms with Crippen molar-refractivity contribution in [3.05, 3.63) is 29.0 Å². The molecule has 0 amide bonds. The van der Waals surface area contributed by atoms with Crippen LogP contribution in [0.4, 0.5) is 0 Å². The van der Waals surface area contributed by atoms with Crippen LogP contribution >= 0.6 is 23.2 Å². The number of nitrogens with zero attached hydrogens (tertiary/aromatic N) is 2. The van der Waals surface area contributed by atoms with Crippen molar-refractivity contribution in [3.8, 4) is 0 Å². The highest BCUT2D eigenvalue weighted by Crippen LogP contribution is 2.34. The Labute approximate surface area is 124 Å². The molecule has 0 saturated carbocycles. The summed E-state index contributed by atoms with van der Waals surface area (Å²) < 4.78 is 2.27. The molecule has 104 valence electrons. The molecule has 0 N–H and O–H groups in total. The van der Waals surface area contributed by atoms with Crippen LogP contribution in [0.2, 0.25) is 5.02 Å². The first-order valence-electron chi connectivity index (χ1n) is 6.77.